The van der Waals surface area contributed by atoms with Crippen molar-refractivity contribution in [1.82, 2.24) is 0 Å². The second-order valence-corrected chi connectivity index (χ2v) is 4.87. The number of nitrogens with zero attached hydrogens (tertiary/aromatic N) is 1. The van der Waals surface area contributed by atoms with E-state index in [0.717, 1.165) is 18.8 Å². The van der Waals surface area contributed by atoms with Crippen molar-refractivity contribution in [2.75, 3.05) is 29.9 Å². The molecule has 1 fully saturated rings. The summed E-state index contributed by atoms with van der Waals surface area (Å²) in [5.41, 5.74) is 2.11. The van der Waals surface area contributed by atoms with Crippen LogP contribution in [0.3, 0.4) is 0 Å². The number of carboxylic acids is 1. The molecule has 1 saturated heterocycles. The first-order chi connectivity index (χ1) is 9.15. The number of aliphatic carboxylic acids is 1. The molecule has 3 N–H and O–H groups in total. The second kappa shape index (κ2) is 6.43. The molecule has 5 heteroatoms. The van der Waals surface area contributed by atoms with Crippen LogP contribution in [0.1, 0.15) is 19.3 Å². The number of anilines is 2. The van der Waals surface area contributed by atoms with Gasteiger partial charge < -0.3 is 20.4 Å². The largest absolute Gasteiger partial charge is 0.481 e. The Morgan fingerprint density at radius 3 is 2.47 bits per heavy atom. The minimum Gasteiger partial charge on any atom is -0.481 e. The fourth-order valence-electron chi connectivity index (χ4n) is 2.27. The fourth-order valence-corrected chi connectivity index (χ4v) is 2.27. The summed E-state index contributed by atoms with van der Waals surface area (Å²) in [6, 6.07) is 8.02. The number of carboxylic acid groups (broad SMARTS) is 1. The maximum Gasteiger partial charge on any atom is 0.306 e. The molecule has 5 nitrogen and oxygen atoms in total. The highest BCUT2D eigenvalue weighted by Crippen LogP contribution is 2.21. The molecule has 1 aromatic rings. The number of carbonyl (C=O) groups is 1. The second-order valence-electron chi connectivity index (χ2n) is 4.87. The zero-order chi connectivity index (χ0) is 13.7. The van der Waals surface area contributed by atoms with Gasteiger partial charge in [0.2, 0.25) is 0 Å². The van der Waals surface area contributed by atoms with Crippen LogP contribution in [0.5, 0.6) is 0 Å². The van der Waals surface area contributed by atoms with Gasteiger partial charge in [-0.05, 0) is 37.1 Å². The van der Waals surface area contributed by atoms with Gasteiger partial charge in [0.1, 0.15) is 0 Å². The molecule has 1 aromatic carbocycles. The number of rotatable bonds is 6. The third-order valence-electron chi connectivity index (χ3n) is 3.29. The molecule has 0 amide bonds. The Labute approximate surface area is 112 Å². The van der Waals surface area contributed by atoms with Gasteiger partial charge in [0, 0.05) is 31.0 Å². The van der Waals surface area contributed by atoms with Crippen LogP contribution >= 0.6 is 0 Å². The Morgan fingerprint density at radius 1 is 1.26 bits per heavy atom. The third-order valence-corrected chi connectivity index (χ3v) is 3.29. The lowest BCUT2D eigenvalue weighted by Crippen LogP contribution is -2.22. The molecule has 0 radical (unpaired) electrons. The summed E-state index contributed by atoms with van der Waals surface area (Å²) in [7, 11) is 0. The number of aliphatic hydroxyl groups excluding tert-OH is 1. The molecule has 0 bridgehead atoms. The zero-order valence-electron chi connectivity index (χ0n) is 10.9. The standard InChI is InChI=1S/C14H20N2O3/c17-13(9-14(18)19)10-15-11-3-5-12(6-4-11)16-7-1-2-8-16/h3-6,13,15,17H,1-2,7-10H2,(H,18,19). The van der Waals surface area contributed by atoms with Crippen molar-refractivity contribution in [1.29, 1.82) is 0 Å². The number of nitrogens with one attached hydrogen (secondary N) is 1. The van der Waals surface area contributed by atoms with Crippen LogP contribution in [0.4, 0.5) is 11.4 Å². The van der Waals surface area contributed by atoms with Crippen LogP contribution in [0.15, 0.2) is 24.3 Å². The van der Waals surface area contributed by atoms with Gasteiger partial charge in [-0.2, -0.15) is 0 Å². The van der Waals surface area contributed by atoms with Crippen molar-refractivity contribution in [2.45, 2.75) is 25.4 Å². The lowest BCUT2D eigenvalue weighted by atomic mass is 10.2. The predicted molar refractivity (Wildman–Crippen MR) is 74.6 cm³/mol. The third kappa shape index (κ3) is 4.13. The summed E-state index contributed by atoms with van der Waals surface area (Å²) in [5, 5.41) is 21.0. The van der Waals surface area contributed by atoms with Crippen molar-refractivity contribution in [3.05, 3.63) is 24.3 Å². The van der Waals surface area contributed by atoms with E-state index in [-0.39, 0.29) is 13.0 Å². The summed E-state index contributed by atoms with van der Waals surface area (Å²) in [4.78, 5) is 12.8. The summed E-state index contributed by atoms with van der Waals surface area (Å²) < 4.78 is 0. The summed E-state index contributed by atoms with van der Waals surface area (Å²) in [6.45, 7) is 2.48. The monoisotopic (exact) mass is 264 g/mol. The molecule has 1 unspecified atom stereocenters. The average molecular weight is 264 g/mol. The van der Waals surface area contributed by atoms with Crippen LogP contribution in [0.25, 0.3) is 0 Å². The first-order valence-corrected chi connectivity index (χ1v) is 6.64. The number of hydrogen-bond donors (Lipinski definition) is 3. The van der Waals surface area contributed by atoms with Gasteiger partial charge in [-0.15, -0.1) is 0 Å². The Hall–Kier alpha value is -1.75. The molecule has 19 heavy (non-hydrogen) atoms. The van der Waals surface area contributed by atoms with E-state index in [1.807, 2.05) is 12.1 Å². The summed E-state index contributed by atoms with van der Waals surface area (Å²) in [6.07, 6.45) is 1.40. The summed E-state index contributed by atoms with van der Waals surface area (Å²) in [5.74, 6) is -0.987. The molecule has 0 saturated carbocycles. The Kier molecular flexibility index (Phi) is 4.63. The van der Waals surface area contributed by atoms with E-state index in [4.69, 9.17) is 5.11 Å². The molecule has 1 atom stereocenters. The molecular weight excluding hydrogens is 244 g/mol. The van der Waals surface area contributed by atoms with E-state index in [9.17, 15) is 9.90 Å². The SMILES string of the molecule is O=C(O)CC(O)CNc1ccc(N2CCCC2)cc1. The highest BCUT2D eigenvalue weighted by Gasteiger charge is 2.12. The molecule has 1 heterocycles. The number of benzene rings is 1. The van der Waals surface area contributed by atoms with Crippen LogP contribution in [-0.2, 0) is 4.79 Å². The lowest BCUT2D eigenvalue weighted by Gasteiger charge is -2.18. The first kappa shape index (κ1) is 13.7. The van der Waals surface area contributed by atoms with E-state index < -0.39 is 12.1 Å². The van der Waals surface area contributed by atoms with Gasteiger partial charge in [-0.3, -0.25) is 4.79 Å². The van der Waals surface area contributed by atoms with Crippen LogP contribution in [0.2, 0.25) is 0 Å². The summed E-state index contributed by atoms with van der Waals surface area (Å²) >= 11 is 0. The van der Waals surface area contributed by atoms with E-state index in [1.54, 1.807) is 0 Å². The molecular formula is C14H20N2O3. The quantitative estimate of drug-likeness (QED) is 0.727. The zero-order valence-corrected chi connectivity index (χ0v) is 10.9. The van der Waals surface area contributed by atoms with Gasteiger partial charge in [0.25, 0.3) is 0 Å². The van der Waals surface area contributed by atoms with Crippen LogP contribution < -0.4 is 10.2 Å². The highest BCUT2D eigenvalue weighted by atomic mass is 16.4. The number of aliphatic hydroxyl groups is 1. The van der Waals surface area contributed by atoms with Crippen molar-refractivity contribution in [3.8, 4) is 0 Å². The minimum atomic E-state index is -0.987. The van der Waals surface area contributed by atoms with Crippen LogP contribution in [0, 0.1) is 0 Å². The van der Waals surface area contributed by atoms with E-state index in [2.05, 4.69) is 22.3 Å². The van der Waals surface area contributed by atoms with Gasteiger partial charge in [-0.1, -0.05) is 0 Å². The van der Waals surface area contributed by atoms with Gasteiger partial charge >= 0.3 is 5.97 Å². The van der Waals surface area contributed by atoms with Crippen molar-refractivity contribution < 1.29 is 15.0 Å². The molecule has 1 aliphatic heterocycles. The predicted octanol–water partition coefficient (Wildman–Crippen LogP) is 1.53. The van der Waals surface area contributed by atoms with Gasteiger partial charge in [0.05, 0.1) is 12.5 Å². The van der Waals surface area contributed by atoms with E-state index in [1.165, 1.54) is 18.5 Å². The normalized spacial score (nSPS) is 16.4. The lowest BCUT2D eigenvalue weighted by molar-refractivity contribution is -0.138. The van der Waals surface area contributed by atoms with Gasteiger partial charge in [0.15, 0.2) is 0 Å². The highest BCUT2D eigenvalue weighted by molar-refractivity contribution is 5.67. The average Bonchev–Trinajstić information content (AvgIpc) is 2.90. The molecule has 0 spiro atoms. The first-order valence-electron chi connectivity index (χ1n) is 6.64. The van der Waals surface area contributed by atoms with Crippen molar-refractivity contribution in [3.63, 3.8) is 0 Å². The topological polar surface area (TPSA) is 72.8 Å². The van der Waals surface area contributed by atoms with Crippen molar-refractivity contribution >= 4 is 17.3 Å². The molecule has 1 aliphatic rings. The molecule has 104 valence electrons. The molecule has 0 aromatic heterocycles. The van der Waals surface area contributed by atoms with Crippen molar-refractivity contribution in [2.24, 2.45) is 0 Å². The Bertz CT molecular complexity index is 413. The maximum absolute atomic E-state index is 10.4. The number of hydrogen-bond acceptors (Lipinski definition) is 4. The van der Waals surface area contributed by atoms with Gasteiger partial charge in [-0.25, -0.2) is 0 Å². The smallest absolute Gasteiger partial charge is 0.306 e. The Morgan fingerprint density at radius 2 is 1.89 bits per heavy atom. The Balaban J connectivity index is 1.83. The molecule has 2 rings (SSSR count). The van der Waals surface area contributed by atoms with E-state index >= 15 is 0 Å². The van der Waals surface area contributed by atoms with E-state index in [0.29, 0.717) is 0 Å². The fraction of sp³-hybridized carbons (Fsp3) is 0.500. The van der Waals surface area contributed by atoms with Crippen LogP contribution in [-0.4, -0.2) is 41.9 Å². The maximum atomic E-state index is 10.4. The molecule has 0 aliphatic carbocycles. The minimum absolute atomic E-state index is 0.237.